The summed E-state index contributed by atoms with van der Waals surface area (Å²) in [5.41, 5.74) is 2.23. The predicted molar refractivity (Wildman–Crippen MR) is 107 cm³/mol. The molecule has 0 bridgehead atoms. The lowest BCUT2D eigenvalue weighted by molar-refractivity contribution is 0.508. The third-order valence-corrected chi connectivity index (χ3v) is 10.8. The Hall–Kier alpha value is 0.860. The van der Waals surface area contributed by atoms with E-state index in [0.717, 1.165) is 11.3 Å². The van der Waals surface area contributed by atoms with Crippen LogP contribution in [-0.4, -0.2) is 11.3 Å². The van der Waals surface area contributed by atoms with E-state index in [-0.39, 0.29) is 0 Å². The largest absolute Gasteiger partial charge is 0.0958 e. The molecular weight excluding hydrogens is 302 g/mol. The van der Waals surface area contributed by atoms with Crippen molar-refractivity contribution in [1.82, 2.24) is 0 Å². The van der Waals surface area contributed by atoms with Gasteiger partial charge in [-0.2, -0.15) is 0 Å². The lowest BCUT2D eigenvalue weighted by atomic mass is 10.0. The molecule has 0 heterocycles. The highest BCUT2D eigenvalue weighted by molar-refractivity contribution is 8.12. The fourth-order valence-corrected chi connectivity index (χ4v) is 9.16. The van der Waals surface area contributed by atoms with E-state index in [9.17, 15) is 0 Å². The van der Waals surface area contributed by atoms with E-state index >= 15 is 0 Å². The van der Waals surface area contributed by atoms with Crippen LogP contribution >= 0.6 is 16.5 Å². The maximum absolute atomic E-state index is 1.57. The Balaban J connectivity index is 1.67. The van der Waals surface area contributed by atoms with Gasteiger partial charge >= 0.3 is 0 Å². The van der Waals surface area contributed by atoms with Gasteiger partial charge in [-0.1, -0.05) is 106 Å². The lowest BCUT2D eigenvalue weighted by Gasteiger charge is -2.23. The van der Waals surface area contributed by atoms with E-state index in [1.54, 1.807) is 25.7 Å². The molecule has 0 aromatic rings. The lowest BCUT2D eigenvalue weighted by Crippen LogP contribution is -2.05. The summed E-state index contributed by atoms with van der Waals surface area (Å²) in [4.78, 5) is 0. The molecule has 2 fully saturated rings. The summed E-state index contributed by atoms with van der Waals surface area (Å²) in [6, 6.07) is 0. The van der Waals surface area contributed by atoms with Crippen molar-refractivity contribution < 1.29 is 0 Å². The van der Waals surface area contributed by atoms with Crippen LogP contribution in [0.4, 0.5) is 0 Å². The predicted octanol–water partition coefficient (Wildman–Crippen LogP) is 8.04. The molecule has 0 radical (unpaired) electrons. The van der Waals surface area contributed by atoms with Crippen LogP contribution in [0.1, 0.15) is 116 Å². The molecule has 22 heavy (non-hydrogen) atoms. The SMILES string of the molecule is C1CCCCC(PPC2CCCCCCCCC2)CCCC1. The third-order valence-electron chi connectivity index (χ3n) is 5.70. The van der Waals surface area contributed by atoms with Crippen LogP contribution in [0.5, 0.6) is 0 Å². The topological polar surface area (TPSA) is 0 Å². The van der Waals surface area contributed by atoms with Gasteiger partial charge in [-0.3, -0.25) is 0 Å². The first-order valence-electron chi connectivity index (χ1n) is 10.5. The summed E-state index contributed by atoms with van der Waals surface area (Å²) in [5.74, 6) is 0. The minimum absolute atomic E-state index is 1.12. The molecule has 2 heteroatoms. The van der Waals surface area contributed by atoms with E-state index in [4.69, 9.17) is 0 Å². The molecule has 0 amide bonds. The molecule has 2 aliphatic carbocycles. The molecule has 0 nitrogen and oxygen atoms in total. The minimum atomic E-state index is 1.12. The average Bonchev–Trinajstić information content (AvgIpc) is 2.56. The van der Waals surface area contributed by atoms with Crippen molar-refractivity contribution in [3.05, 3.63) is 0 Å². The van der Waals surface area contributed by atoms with Gasteiger partial charge in [0.1, 0.15) is 0 Å². The van der Waals surface area contributed by atoms with Crippen LogP contribution in [0.15, 0.2) is 0 Å². The van der Waals surface area contributed by atoms with Crippen molar-refractivity contribution in [3.63, 3.8) is 0 Å². The van der Waals surface area contributed by atoms with Gasteiger partial charge in [-0.05, 0) is 37.0 Å². The first kappa shape index (κ1) is 19.2. The van der Waals surface area contributed by atoms with Crippen molar-refractivity contribution in [1.29, 1.82) is 0 Å². The van der Waals surface area contributed by atoms with Gasteiger partial charge in [-0.15, -0.1) is 0 Å². The zero-order valence-electron chi connectivity index (χ0n) is 14.9. The molecule has 0 N–H and O–H groups in total. The Morgan fingerprint density at radius 3 is 0.818 bits per heavy atom. The summed E-state index contributed by atoms with van der Waals surface area (Å²) >= 11 is 0. The second-order valence-electron chi connectivity index (χ2n) is 7.79. The van der Waals surface area contributed by atoms with Crippen molar-refractivity contribution in [2.45, 2.75) is 127 Å². The van der Waals surface area contributed by atoms with Crippen LogP contribution in [0, 0.1) is 0 Å². The first-order valence-corrected chi connectivity index (χ1v) is 13.6. The third kappa shape index (κ3) is 9.23. The molecule has 0 saturated heterocycles. The smallest absolute Gasteiger partial charge is 0.0200 e. The number of hydrogen-bond acceptors (Lipinski definition) is 0. The van der Waals surface area contributed by atoms with Crippen LogP contribution < -0.4 is 0 Å². The van der Waals surface area contributed by atoms with Crippen LogP contribution in [-0.2, 0) is 0 Å². The van der Waals surface area contributed by atoms with E-state index in [0.29, 0.717) is 0 Å². The Morgan fingerprint density at radius 1 is 0.318 bits per heavy atom. The van der Waals surface area contributed by atoms with E-state index in [1.165, 1.54) is 106 Å². The Labute approximate surface area is 143 Å². The Bertz CT molecular complexity index is 208. The van der Waals surface area contributed by atoms with Gasteiger partial charge in [0.15, 0.2) is 0 Å². The van der Waals surface area contributed by atoms with Crippen molar-refractivity contribution in [2.24, 2.45) is 0 Å². The molecule has 0 aromatic carbocycles. The monoisotopic (exact) mass is 342 g/mol. The minimum Gasteiger partial charge on any atom is -0.0958 e. The number of hydrogen-bond donors (Lipinski definition) is 0. The molecule has 0 spiro atoms. The fourth-order valence-electron chi connectivity index (χ4n) is 4.14. The summed E-state index contributed by atoms with van der Waals surface area (Å²) in [6.07, 6.45) is 27.6. The molecule has 130 valence electrons. The normalized spacial score (nSPS) is 26.7. The molecule has 2 atom stereocenters. The maximum atomic E-state index is 1.57. The molecule has 0 aliphatic heterocycles. The maximum Gasteiger partial charge on any atom is -0.0200 e. The van der Waals surface area contributed by atoms with Crippen LogP contribution in [0.3, 0.4) is 0 Å². The highest BCUT2D eigenvalue weighted by atomic mass is 32.0. The van der Waals surface area contributed by atoms with Crippen molar-refractivity contribution >= 4 is 16.5 Å². The van der Waals surface area contributed by atoms with Crippen molar-refractivity contribution in [2.75, 3.05) is 0 Å². The summed E-state index contributed by atoms with van der Waals surface area (Å²) in [5, 5.41) is 0. The summed E-state index contributed by atoms with van der Waals surface area (Å²) in [7, 11) is 2.64. The van der Waals surface area contributed by atoms with Crippen LogP contribution in [0.2, 0.25) is 0 Å². The molecule has 2 saturated carbocycles. The van der Waals surface area contributed by atoms with E-state index in [1.807, 2.05) is 0 Å². The quantitative estimate of drug-likeness (QED) is 0.455. The Morgan fingerprint density at radius 2 is 0.545 bits per heavy atom. The standard InChI is InChI=1S/C20H40P2/c1-3-7-11-15-19(16-12-8-4-1)21-22-20-17-13-9-5-2-6-10-14-18-20/h19-22H,1-18H2. The Kier molecular flexibility index (Phi) is 11.5. The summed E-state index contributed by atoms with van der Waals surface area (Å²) in [6.45, 7) is 0. The van der Waals surface area contributed by atoms with E-state index in [2.05, 4.69) is 0 Å². The molecule has 2 unspecified atom stereocenters. The van der Waals surface area contributed by atoms with Gasteiger partial charge in [0.2, 0.25) is 0 Å². The molecule has 2 aliphatic rings. The first-order chi connectivity index (χ1) is 10.9. The second kappa shape index (κ2) is 13.2. The number of rotatable bonds is 3. The second-order valence-corrected chi connectivity index (χ2v) is 11.7. The highest BCUT2D eigenvalue weighted by Crippen LogP contribution is 2.50. The zero-order chi connectivity index (χ0) is 15.3. The molecule has 2 rings (SSSR count). The molecular formula is C20H40P2. The van der Waals surface area contributed by atoms with Gasteiger partial charge in [0.05, 0.1) is 0 Å². The average molecular weight is 342 g/mol. The van der Waals surface area contributed by atoms with Gasteiger partial charge < -0.3 is 0 Å². The highest BCUT2D eigenvalue weighted by Gasteiger charge is 2.15. The summed E-state index contributed by atoms with van der Waals surface area (Å²) < 4.78 is 0. The zero-order valence-corrected chi connectivity index (χ0v) is 16.9. The molecule has 0 aromatic heterocycles. The van der Waals surface area contributed by atoms with Crippen molar-refractivity contribution in [3.8, 4) is 0 Å². The van der Waals surface area contributed by atoms with Gasteiger partial charge in [0.25, 0.3) is 0 Å². The van der Waals surface area contributed by atoms with E-state index < -0.39 is 0 Å². The fraction of sp³-hybridized carbons (Fsp3) is 1.00. The van der Waals surface area contributed by atoms with Crippen LogP contribution in [0.25, 0.3) is 0 Å². The van der Waals surface area contributed by atoms with Gasteiger partial charge in [0, 0.05) is 0 Å². The van der Waals surface area contributed by atoms with Gasteiger partial charge in [-0.25, -0.2) is 0 Å².